The predicted octanol–water partition coefficient (Wildman–Crippen LogP) is 2.56. The van der Waals surface area contributed by atoms with Crippen molar-refractivity contribution >= 4 is 11.8 Å². The van der Waals surface area contributed by atoms with E-state index in [0.717, 1.165) is 19.4 Å². The van der Waals surface area contributed by atoms with Gasteiger partial charge < -0.3 is 4.74 Å². The van der Waals surface area contributed by atoms with E-state index in [4.69, 9.17) is 4.74 Å². The zero-order valence-electron chi connectivity index (χ0n) is 13.2. The zero-order valence-corrected chi connectivity index (χ0v) is 13.2. The van der Waals surface area contributed by atoms with Gasteiger partial charge in [-0.2, -0.15) is 0 Å². The van der Waals surface area contributed by atoms with Gasteiger partial charge in [0, 0.05) is 25.0 Å². The summed E-state index contributed by atoms with van der Waals surface area (Å²) in [4.78, 5) is 27.0. The van der Waals surface area contributed by atoms with Gasteiger partial charge in [-0.25, -0.2) is 0 Å². The minimum absolute atomic E-state index is 0.00212. The molecule has 0 N–H and O–H groups in total. The molecule has 2 saturated heterocycles. The number of piperidine rings is 1. The second-order valence-electron chi connectivity index (χ2n) is 6.59. The van der Waals surface area contributed by atoms with E-state index in [0.29, 0.717) is 6.42 Å². The van der Waals surface area contributed by atoms with Crippen molar-refractivity contribution in [3.63, 3.8) is 0 Å². The molecule has 118 valence electrons. The van der Waals surface area contributed by atoms with Crippen molar-refractivity contribution in [1.82, 2.24) is 4.90 Å². The normalized spacial score (nSPS) is 28.1. The summed E-state index contributed by atoms with van der Waals surface area (Å²) in [5.74, 6) is -0.893. The molecule has 1 aromatic carbocycles. The van der Waals surface area contributed by atoms with Gasteiger partial charge in [0.25, 0.3) is 0 Å². The van der Waals surface area contributed by atoms with E-state index in [2.05, 4.69) is 17.0 Å². The third kappa shape index (κ3) is 2.93. The van der Waals surface area contributed by atoms with Crippen LogP contribution in [0, 0.1) is 5.92 Å². The van der Waals surface area contributed by atoms with Crippen LogP contribution < -0.4 is 0 Å². The van der Waals surface area contributed by atoms with Crippen LogP contribution >= 0.6 is 0 Å². The first-order valence-electron chi connectivity index (χ1n) is 8.09. The van der Waals surface area contributed by atoms with E-state index in [1.165, 1.54) is 5.56 Å². The molecule has 4 nitrogen and oxygen atoms in total. The maximum atomic E-state index is 12.3. The summed E-state index contributed by atoms with van der Waals surface area (Å²) < 4.78 is 5.32. The highest BCUT2D eigenvalue weighted by Gasteiger charge is 2.50. The number of nitrogens with zero attached hydrogens (tertiary/aromatic N) is 1. The molecule has 0 spiro atoms. The van der Waals surface area contributed by atoms with Crippen LogP contribution in [0.25, 0.3) is 0 Å². The van der Waals surface area contributed by atoms with Crippen LogP contribution in [0.4, 0.5) is 0 Å². The van der Waals surface area contributed by atoms with Crippen molar-refractivity contribution in [2.24, 2.45) is 5.92 Å². The minimum Gasteiger partial charge on any atom is -0.462 e. The molecule has 3 atom stereocenters. The van der Waals surface area contributed by atoms with Gasteiger partial charge in [-0.1, -0.05) is 30.3 Å². The topological polar surface area (TPSA) is 46.6 Å². The summed E-state index contributed by atoms with van der Waals surface area (Å²) in [6.45, 7) is 4.45. The summed E-state index contributed by atoms with van der Waals surface area (Å²) >= 11 is 0. The Morgan fingerprint density at radius 2 is 2.00 bits per heavy atom. The molecule has 0 amide bonds. The molecular weight excluding hydrogens is 278 g/mol. The van der Waals surface area contributed by atoms with Crippen molar-refractivity contribution in [2.45, 2.75) is 57.8 Å². The third-order valence-electron chi connectivity index (χ3n) is 4.67. The number of fused-ring (bicyclic) bond motifs is 2. The molecule has 2 aliphatic heterocycles. The Hall–Kier alpha value is -1.68. The Morgan fingerprint density at radius 1 is 1.27 bits per heavy atom. The smallest absolute Gasteiger partial charge is 0.318 e. The highest BCUT2D eigenvalue weighted by atomic mass is 16.5. The summed E-state index contributed by atoms with van der Waals surface area (Å²) in [6, 6.07) is 10.5. The molecule has 3 rings (SSSR count). The number of Topliss-reactive ketones (excluding diaryl/α,β-unsaturated/α-hetero) is 1. The number of hydrogen-bond acceptors (Lipinski definition) is 4. The van der Waals surface area contributed by atoms with E-state index in [1.807, 2.05) is 32.0 Å². The van der Waals surface area contributed by atoms with Crippen molar-refractivity contribution in [3.05, 3.63) is 35.9 Å². The standard InChI is InChI=1S/C18H23NO3/c1-12(2)22-18(21)17-15-9-8-14(10-16(17)20)19(15)11-13-6-4-3-5-7-13/h3-7,12,14-15,17H,8-11H2,1-2H3. The van der Waals surface area contributed by atoms with Crippen LogP contribution in [0.1, 0.15) is 38.7 Å². The first-order valence-corrected chi connectivity index (χ1v) is 8.09. The third-order valence-corrected chi connectivity index (χ3v) is 4.67. The number of carbonyl (C=O) groups is 2. The van der Waals surface area contributed by atoms with Gasteiger partial charge in [0.1, 0.15) is 11.7 Å². The number of ether oxygens (including phenoxy) is 1. The zero-order chi connectivity index (χ0) is 15.7. The number of esters is 1. The minimum atomic E-state index is -0.607. The lowest BCUT2D eigenvalue weighted by Crippen LogP contribution is -2.52. The maximum absolute atomic E-state index is 12.3. The van der Waals surface area contributed by atoms with Gasteiger partial charge >= 0.3 is 5.97 Å². The molecule has 1 aromatic rings. The fourth-order valence-electron chi connectivity index (χ4n) is 3.75. The van der Waals surface area contributed by atoms with Crippen molar-refractivity contribution in [2.75, 3.05) is 0 Å². The number of hydrogen-bond donors (Lipinski definition) is 0. The Morgan fingerprint density at radius 3 is 2.68 bits per heavy atom. The first kappa shape index (κ1) is 15.2. The van der Waals surface area contributed by atoms with E-state index in [1.54, 1.807) is 0 Å². The number of benzene rings is 1. The molecular formula is C18H23NO3. The second-order valence-corrected chi connectivity index (χ2v) is 6.59. The van der Waals surface area contributed by atoms with Crippen LogP contribution in [0.3, 0.4) is 0 Å². The average molecular weight is 301 g/mol. The summed E-state index contributed by atoms with van der Waals surface area (Å²) in [6.07, 6.45) is 2.19. The molecule has 2 aliphatic rings. The monoisotopic (exact) mass is 301 g/mol. The molecule has 2 fully saturated rings. The molecule has 0 aromatic heterocycles. The van der Waals surface area contributed by atoms with Crippen LogP contribution in [0.5, 0.6) is 0 Å². The Bertz CT molecular complexity index is 555. The maximum Gasteiger partial charge on any atom is 0.318 e. The van der Waals surface area contributed by atoms with Crippen molar-refractivity contribution in [1.29, 1.82) is 0 Å². The lowest BCUT2D eigenvalue weighted by molar-refractivity contribution is -0.160. The van der Waals surface area contributed by atoms with Gasteiger partial charge in [0.2, 0.25) is 0 Å². The van der Waals surface area contributed by atoms with Gasteiger partial charge in [-0.3, -0.25) is 14.5 Å². The van der Waals surface area contributed by atoms with Crippen LogP contribution in [0.2, 0.25) is 0 Å². The van der Waals surface area contributed by atoms with Gasteiger partial charge in [0.05, 0.1) is 6.10 Å². The Kier molecular flexibility index (Phi) is 4.30. The van der Waals surface area contributed by atoms with Gasteiger partial charge in [-0.15, -0.1) is 0 Å². The van der Waals surface area contributed by atoms with E-state index < -0.39 is 5.92 Å². The Balaban J connectivity index is 1.78. The van der Waals surface area contributed by atoms with Crippen LogP contribution in [0.15, 0.2) is 30.3 Å². The molecule has 0 radical (unpaired) electrons. The number of rotatable bonds is 4. The largest absolute Gasteiger partial charge is 0.462 e. The highest BCUT2D eigenvalue weighted by molar-refractivity contribution is 6.01. The number of carbonyl (C=O) groups excluding carboxylic acids is 2. The summed E-state index contributed by atoms with van der Waals surface area (Å²) in [5, 5.41) is 0. The molecule has 0 aliphatic carbocycles. The summed E-state index contributed by atoms with van der Waals surface area (Å²) in [5.41, 5.74) is 1.23. The lowest BCUT2D eigenvalue weighted by Gasteiger charge is -2.38. The molecule has 4 heteroatoms. The quantitative estimate of drug-likeness (QED) is 0.633. The first-order chi connectivity index (χ1) is 10.6. The van der Waals surface area contributed by atoms with Gasteiger partial charge in [-0.05, 0) is 32.3 Å². The van der Waals surface area contributed by atoms with Gasteiger partial charge in [0.15, 0.2) is 0 Å². The Labute approximate surface area is 131 Å². The fourth-order valence-corrected chi connectivity index (χ4v) is 3.75. The summed E-state index contributed by atoms with van der Waals surface area (Å²) in [7, 11) is 0. The highest BCUT2D eigenvalue weighted by Crippen LogP contribution is 2.39. The molecule has 2 bridgehead atoms. The van der Waals surface area contributed by atoms with Crippen molar-refractivity contribution < 1.29 is 14.3 Å². The molecule has 0 saturated carbocycles. The van der Waals surface area contributed by atoms with Crippen LogP contribution in [-0.2, 0) is 20.9 Å². The average Bonchev–Trinajstić information content (AvgIpc) is 2.74. The van der Waals surface area contributed by atoms with Crippen LogP contribution in [-0.4, -0.2) is 34.8 Å². The number of ketones is 1. The SMILES string of the molecule is CC(C)OC(=O)C1C(=O)CC2CCC1N2Cc1ccccc1. The molecule has 2 heterocycles. The van der Waals surface area contributed by atoms with Crippen molar-refractivity contribution in [3.8, 4) is 0 Å². The second kappa shape index (κ2) is 6.21. The molecule has 22 heavy (non-hydrogen) atoms. The fraction of sp³-hybridized carbons (Fsp3) is 0.556. The van der Waals surface area contributed by atoms with E-state index in [9.17, 15) is 9.59 Å². The molecule has 3 unspecified atom stereocenters. The predicted molar refractivity (Wildman–Crippen MR) is 83.1 cm³/mol. The lowest BCUT2D eigenvalue weighted by atomic mass is 9.88. The van der Waals surface area contributed by atoms with E-state index >= 15 is 0 Å². The van der Waals surface area contributed by atoms with E-state index in [-0.39, 0.29) is 29.9 Å².